The van der Waals surface area contributed by atoms with Gasteiger partial charge in [0.15, 0.2) is 0 Å². The molecule has 2 aliphatic rings. The van der Waals surface area contributed by atoms with Gasteiger partial charge in [0.25, 0.3) is 0 Å². The van der Waals surface area contributed by atoms with Gasteiger partial charge in [0, 0.05) is 31.6 Å². The van der Waals surface area contributed by atoms with Crippen molar-refractivity contribution in [2.24, 2.45) is 5.92 Å². The lowest BCUT2D eigenvalue weighted by atomic mass is 10.1. The Bertz CT molecular complexity index is 391. The van der Waals surface area contributed by atoms with Crippen LogP contribution >= 0.6 is 0 Å². The molecule has 0 spiro atoms. The minimum absolute atomic E-state index is 0.534. The van der Waals surface area contributed by atoms with Crippen LogP contribution in [0.4, 0.5) is 0 Å². The third kappa shape index (κ3) is 3.40. The molecule has 3 heteroatoms. The van der Waals surface area contributed by atoms with Crippen LogP contribution in [0.25, 0.3) is 0 Å². The average molecular weight is 262 g/mol. The van der Waals surface area contributed by atoms with E-state index in [0.29, 0.717) is 12.1 Å². The molecule has 1 aliphatic heterocycles. The molecule has 1 saturated heterocycles. The number of ether oxygens (including phenoxy) is 1. The van der Waals surface area contributed by atoms with E-state index in [2.05, 4.69) is 35.4 Å². The van der Waals surface area contributed by atoms with Gasteiger partial charge in [-0.25, -0.2) is 0 Å². The first kappa shape index (κ1) is 13.2. The Morgan fingerprint density at radius 3 is 3.00 bits per heavy atom. The van der Waals surface area contributed by atoms with Gasteiger partial charge >= 0.3 is 0 Å². The number of hydrogen-bond donors (Lipinski definition) is 1. The maximum atomic E-state index is 5.67. The molecule has 19 heavy (non-hydrogen) atoms. The largest absolute Gasteiger partial charge is 0.378 e. The second-order valence-corrected chi connectivity index (χ2v) is 6.06. The van der Waals surface area contributed by atoms with Crippen molar-refractivity contribution < 1.29 is 4.74 Å². The number of rotatable bonds is 7. The summed E-state index contributed by atoms with van der Waals surface area (Å²) in [5.41, 5.74) is 1.46. The predicted molar refractivity (Wildman–Crippen MR) is 77.2 cm³/mol. The summed E-state index contributed by atoms with van der Waals surface area (Å²) in [4.78, 5) is 0. The third-order valence-corrected chi connectivity index (χ3v) is 4.50. The minimum Gasteiger partial charge on any atom is -0.378 e. The van der Waals surface area contributed by atoms with Crippen molar-refractivity contribution in [2.75, 3.05) is 13.7 Å². The Hall–Kier alpha value is -0.800. The van der Waals surface area contributed by atoms with Crippen molar-refractivity contribution in [2.45, 2.75) is 57.2 Å². The summed E-state index contributed by atoms with van der Waals surface area (Å²) >= 11 is 0. The lowest BCUT2D eigenvalue weighted by Crippen LogP contribution is -2.17. The monoisotopic (exact) mass is 262 g/mol. The van der Waals surface area contributed by atoms with E-state index in [1.165, 1.54) is 44.1 Å². The fraction of sp³-hybridized carbons (Fsp3) is 0.750. The van der Waals surface area contributed by atoms with Crippen molar-refractivity contribution in [1.29, 1.82) is 0 Å². The van der Waals surface area contributed by atoms with Gasteiger partial charge in [-0.3, -0.25) is 0 Å². The standard InChI is InChI=1S/C16H26N2O/c1-17-16(13-6-7-13)14-8-10-18(12-14)9-2-4-15-5-3-11-19-15/h8,10,12-13,15-17H,2-7,9,11H2,1H3. The van der Waals surface area contributed by atoms with E-state index < -0.39 is 0 Å². The highest BCUT2D eigenvalue weighted by Crippen LogP contribution is 2.40. The molecule has 0 radical (unpaired) electrons. The fourth-order valence-corrected chi connectivity index (χ4v) is 3.26. The number of hydrogen-bond acceptors (Lipinski definition) is 2. The lowest BCUT2D eigenvalue weighted by Gasteiger charge is -2.13. The summed E-state index contributed by atoms with van der Waals surface area (Å²) < 4.78 is 8.02. The van der Waals surface area contributed by atoms with E-state index >= 15 is 0 Å². The van der Waals surface area contributed by atoms with Gasteiger partial charge in [-0.05, 0) is 63.1 Å². The number of aromatic nitrogens is 1. The zero-order chi connectivity index (χ0) is 13.1. The van der Waals surface area contributed by atoms with Crippen molar-refractivity contribution >= 4 is 0 Å². The molecule has 2 heterocycles. The van der Waals surface area contributed by atoms with E-state index in [0.717, 1.165) is 19.1 Å². The van der Waals surface area contributed by atoms with Gasteiger partial charge in [0.05, 0.1) is 6.10 Å². The molecule has 0 amide bonds. The van der Waals surface area contributed by atoms with E-state index in [1.54, 1.807) is 0 Å². The lowest BCUT2D eigenvalue weighted by molar-refractivity contribution is 0.101. The highest BCUT2D eigenvalue weighted by Gasteiger charge is 2.31. The first-order valence-corrected chi connectivity index (χ1v) is 7.81. The van der Waals surface area contributed by atoms with Crippen LogP contribution in [0.15, 0.2) is 18.5 Å². The summed E-state index contributed by atoms with van der Waals surface area (Å²) in [5.74, 6) is 0.868. The molecule has 2 atom stereocenters. The van der Waals surface area contributed by atoms with Gasteiger partial charge in [0.2, 0.25) is 0 Å². The van der Waals surface area contributed by atoms with Gasteiger partial charge in [-0.2, -0.15) is 0 Å². The molecule has 2 unspecified atom stereocenters. The van der Waals surface area contributed by atoms with Crippen molar-refractivity contribution in [3.8, 4) is 0 Å². The van der Waals surface area contributed by atoms with Gasteiger partial charge in [-0.1, -0.05) is 0 Å². The molecule has 2 fully saturated rings. The molecule has 3 rings (SSSR count). The first-order chi connectivity index (χ1) is 9.36. The van der Waals surface area contributed by atoms with Crippen LogP contribution in [-0.2, 0) is 11.3 Å². The van der Waals surface area contributed by atoms with E-state index in [9.17, 15) is 0 Å². The zero-order valence-electron chi connectivity index (χ0n) is 12.0. The number of nitrogens with zero attached hydrogens (tertiary/aromatic N) is 1. The second-order valence-electron chi connectivity index (χ2n) is 6.06. The third-order valence-electron chi connectivity index (χ3n) is 4.50. The van der Waals surface area contributed by atoms with Crippen molar-refractivity contribution in [3.05, 3.63) is 24.0 Å². The second kappa shape index (κ2) is 6.10. The Labute approximate surface area is 116 Å². The molecule has 3 nitrogen and oxygen atoms in total. The Morgan fingerprint density at radius 2 is 2.32 bits per heavy atom. The quantitative estimate of drug-likeness (QED) is 0.817. The molecule has 1 N–H and O–H groups in total. The van der Waals surface area contributed by atoms with Crippen molar-refractivity contribution in [1.82, 2.24) is 9.88 Å². The molecule has 106 valence electrons. The molecule has 1 aromatic heterocycles. The summed E-state index contributed by atoms with van der Waals surface area (Å²) in [7, 11) is 2.08. The molecular formula is C16H26N2O. The Balaban J connectivity index is 1.47. The highest BCUT2D eigenvalue weighted by atomic mass is 16.5. The highest BCUT2D eigenvalue weighted by molar-refractivity contribution is 5.18. The summed E-state index contributed by atoms with van der Waals surface area (Å²) in [5, 5.41) is 3.46. The predicted octanol–water partition coefficient (Wildman–Crippen LogP) is 3.12. The van der Waals surface area contributed by atoms with E-state index in [4.69, 9.17) is 4.74 Å². The Kier molecular flexibility index (Phi) is 4.24. The SMILES string of the molecule is CNC(c1ccn(CCCC2CCCO2)c1)C1CC1. The molecule has 1 aliphatic carbocycles. The summed E-state index contributed by atoms with van der Waals surface area (Å²) in [6.45, 7) is 2.10. The maximum Gasteiger partial charge on any atom is 0.0576 e. The number of nitrogens with one attached hydrogen (secondary N) is 1. The maximum absolute atomic E-state index is 5.67. The Morgan fingerprint density at radius 1 is 1.42 bits per heavy atom. The smallest absolute Gasteiger partial charge is 0.0576 e. The normalized spacial score (nSPS) is 24.8. The van der Waals surface area contributed by atoms with Crippen LogP contribution in [0.3, 0.4) is 0 Å². The van der Waals surface area contributed by atoms with Gasteiger partial charge < -0.3 is 14.6 Å². The van der Waals surface area contributed by atoms with Crippen LogP contribution in [0.5, 0.6) is 0 Å². The summed E-state index contributed by atoms with van der Waals surface area (Å²) in [6.07, 6.45) is 12.8. The van der Waals surface area contributed by atoms with Crippen molar-refractivity contribution in [3.63, 3.8) is 0 Å². The zero-order valence-corrected chi connectivity index (χ0v) is 12.0. The van der Waals surface area contributed by atoms with Crippen LogP contribution < -0.4 is 5.32 Å². The molecular weight excluding hydrogens is 236 g/mol. The fourth-order valence-electron chi connectivity index (χ4n) is 3.26. The van der Waals surface area contributed by atoms with Gasteiger partial charge in [-0.15, -0.1) is 0 Å². The molecule has 0 bridgehead atoms. The first-order valence-electron chi connectivity index (χ1n) is 7.81. The van der Waals surface area contributed by atoms with Crippen LogP contribution in [0.1, 0.15) is 50.1 Å². The molecule has 1 aromatic rings. The minimum atomic E-state index is 0.534. The number of aryl methyl sites for hydroxylation is 1. The van der Waals surface area contributed by atoms with Crippen LogP contribution in [0, 0.1) is 5.92 Å². The summed E-state index contributed by atoms with van der Waals surface area (Å²) in [6, 6.07) is 2.85. The molecule has 1 saturated carbocycles. The molecule has 0 aromatic carbocycles. The van der Waals surface area contributed by atoms with Gasteiger partial charge in [0.1, 0.15) is 0 Å². The van der Waals surface area contributed by atoms with E-state index in [-0.39, 0.29) is 0 Å². The van der Waals surface area contributed by atoms with Crippen LogP contribution in [-0.4, -0.2) is 24.3 Å². The topological polar surface area (TPSA) is 26.2 Å². The average Bonchev–Trinajstić information content (AvgIpc) is 2.92. The van der Waals surface area contributed by atoms with E-state index in [1.807, 2.05) is 0 Å². The van der Waals surface area contributed by atoms with Crippen LogP contribution in [0.2, 0.25) is 0 Å².